The molecule has 1 fully saturated rings. The molecule has 0 aliphatic carbocycles. The molecule has 2 N–H and O–H groups in total. The Morgan fingerprint density at radius 2 is 2.24 bits per heavy atom. The fraction of sp³-hybridized carbons (Fsp3) is 0.615. The fourth-order valence-electron chi connectivity index (χ4n) is 2.21. The van der Waals surface area contributed by atoms with Crippen LogP contribution in [0.1, 0.15) is 31.7 Å². The molecule has 0 spiro atoms. The molecular formula is C13H21N3O. The summed E-state index contributed by atoms with van der Waals surface area (Å²) in [4.78, 5) is 17.1. The van der Waals surface area contributed by atoms with E-state index in [1.807, 2.05) is 30.3 Å². The van der Waals surface area contributed by atoms with Crippen LogP contribution in [-0.4, -0.2) is 34.9 Å². The van der Waals surface area contributed by atoms with Crippen LogP contribution in [0.2, 0.25) is 0 Å². The molecule has 2 heterocycles. The van der Waals surface area contributed by atoms with Crippen LogP contribution in [0.5, 0.6) is 0 Å². The third kappa shape index (κ3) is 3.33. The molecule has 0 aromatic carbocycles. The van der Waals surface area contributed by atoms with Crippen molar-refractivity contribution in [3.05, 3.63) is 24.0 Å². The molecule has 0 bridgehead atoms. The van der Waals surface area contributed by atoms with Crippen molar-refractivity contribution < 1.29 is 4.79 Å². The number of nitrogens with zero attached hydrogens (tertiary/aromatic N) is 1. The predicted molar refractivity (Wildman–Crippen MR) is 67.5 cm³/mol. The van der Waals surface area contributed by atoms with Gasteiger partial charge in [-0.25, -0.2) is 0 Å². The number of amides is 1. The number of carbonyl (C=O) groups excluding carboxylic acids is 1. The number of hydrogen-bond acceptors (Lipinski definition) is 2. The van der Waals surface area contributed by atoms with Gasteiger partial charge in [-0.05, 0) is 37.8 Å². The molecule has 4 heteroatoms. The number of likely N-dealkylation sites (tertiary alicyclic amines) is 1. The Morgan fingerprint density at radius 1 is 1.47 bits per heavy atom. The van der Waals surface area contributed by atoms with Gasteiger partial charge in [-0.15, -0.1) is 0 Å². The van der Waals surface area contributed by atoms with Crippen molar-refractivity contribution in [1.29, 1.82) is 0 Å². The molecule has 1 atom stereocenters. The van der Waals surface area contributed by atoms with Gasteiger partial charge < -0.3 is 15.2 Å². The third-order valence-corrected chi connectivity index (χ3v) is 3.31. The first-order chi connectivity index (χ1) is 8.27. The average Bonchev–Trinajstić information content (AvgIpc) is 2.89. The Bertz CT molecular complexity index is 342. The number of rotatable bonds is 4. The van der Waals surface area contributed by atoms with Gasteiger partial charge in [-0.2, -0.15) is 0 Å². The van der Waals surface area contributed by atoms with Gasteiger partial charge in [-0.1, -0.05) is 0 Å². The highest BCUT2D eigenvalue weighted by atomic mass is 16.2. The Labute approximate surface area is 102 Å². The predicted octanol–water partition coefficient (Wildman–Crippen LogP) is 1.51. The number of aromatic amines is 1. The summed E-state index contributed by atoms with van der Waals surface area (Å²) in [7, 11) is 0. The zero-order valence-corrected chi connectivity index (χ0v) is 10.4. The first-order valence-electron chi connectivity index (χ1n) is 6.41. The number of carbonyl (C=O) groups is 1. The first kappa shape index (κ1) is 12.2. The molecule has 1 aliphatic rings. The molecule has 17 heavy (non-hydrogen) atoms. The van der Waals surface area contributed by atoms with Crippen molar-refractivity contribution in [2.45, 2.75) is 38.8 Å². The lowest BCUT2D eigenvalue weighted by Gasteiger charge is -2.29. The monoisotopic (exact) mass is 235 g/mol. The minimum absolute atomic E-state index is 0.0944. The smallest absolute Gasteiger partial charge is 0.239 e. The summed E-state index contributed by atoms with van der Waals surface area (Å²) in [5.41, 5.74) is 1.18. The lowest BCUT2D eigenvalue weighted by Crippen LogP contribution is -2.46. The second kappa shape index (κ2) is 5.87. The Morgan fingerprint density at radius 3 is 2.88 bits per heavy atom. The highest BCUT2D eigenvalue weighted by molar-refractivity contribution is 5.81. The second-order valence-corrected chi connectivity index (χ2v) is 4.71. The minimum Gasteiger partial charge on any atom is -0.367 e. The number of nitrogens with one attached hydrogen (secondary N) is 2. The summed E-state index contributed by atoms with van der Waals surface area (Å²) in [5, 5.41) is 3.27. The molecule has 1 amide bonds. The molecule has 1 aromatic rings. The molecular weight excluding hydrogens is 214 g/mol. The highest BCUT2D eigenvalue weighted by Gasteiger charge is 2.21. The molecule has 94 valence electrons. The van der Waals surface area contributed by atoms with Gasteiger partial charge in [0.05, 0.1) is 6.04 Å². The first-order valence-corrected chi connectivity index (χ1v) is 6.41. The van der Waals surface area contributed by atoms with Crippen molar-refractivity contribution in [3.8, 4) is 0 Å². The molecule has 1 aromatic heterocycles. The van der Waals surface area contributed by atoms with Crippen LogP contribution in [0.25, 0.3) is 0 Å². The Balaban J connectivity index is 1.78. The van der Waals surface area contributed by atoms with Crippen LogP contribution >= 0.6 is 0 Å². The van der Waals surface area contributed by atoms with Gasteiger partial charge in [0.15, 0.2) is 0 Å². The van der Waals surface area contributed by atoms with Gasteiger partial charge in [0.2, 0.25) is 5.91 Å². The van der Waals surface area contributed by atoms with Crippen molar-refractivity contribution in [2.75, 3.05) is 13.1 Å². The van der Waals surface area contributed by atoms with E-state index in [2.05, 4.69) is 10.3 Å². The quantitative estimate of drug-likeness (QED) is 0.831. The third-order valence-electron chi connectivity index (χ3n) is 3.31. The SMILES string of the molecule is CC(NCc1cc[nH]c1)C(=O)N1CCCCC1. The van der Waals surface area contributed by atoms with E-state index in [4.69, 9.17) is 0 Å². The number of hydrogen-bond donors (Lipinski definition) is 2. The van der Waals surface area contributed by atoms with Crippen molar-refractivity contribution in [3.63, 3.8) is 0 Å². The van der Waals surface area contributed by atoms with Crippen LogP contribution in [0.4, 0.5) is 0 Å². The van der Waals surface area contributed by atoms with Gasteiger partial charge in [0, 0.05) is 32.0 Å². The standard InChI is InChI=1S/C13H21N3O/c1-11(15-10-12-5-6-14-9-12)13(17)16-7-3-2-4-8-16/h5-6,9,11,14-15H,2-4,7-8,10H2,1H3. The molecule has 1 unspecified atom stereocenters. The molecule has 1 saturated heterocycles. The van der Waals surface area contributed by atoms with E-state index < -0.39 is 0 Å². The Kier molecular flexibility index (Phi) is 4.20. The highest BCUT2D eigenvalue weighted by Crippen LogP contribution is 2.10. The van der Waals surface area contributed by atoms with E-state index in [0.717, 1.165) is 32.5 Å². The van der Waals surface area contributed by atoms with Crippen molar-refractivity contribution >= 4 is 5.91 Å². The number of H-pyrrole nitrogens is 1. The van der Waals surface area contributed by atoms with E-state index in [1.54, 1.807) is 0 Å². The normalized spacial score (nSPS) is 18.1. The zero-order chi connectivity index (χ0) is 12.1. The lowest BCUT2D eigenvalue weighted by molar-refractivity contribution is -0.133. The van der Waals surface area contributed by atoms with Crippen molar-refractivity contribution in [1.82, 2.24) is 15.2 Å². The average molecular weight is 235 g/mol. The summed E-state index contributed by atoms with van der Waals surface area (Å²) < 4.78 is 0. The maximum Gasteiger partial charge on any atom is 0.239 e. The molecule has 0 saturated carbocycles. The summed E-state index contributed by atoms with van der Waals surface area (Å²) >= 11 is 0. The molecule has 1 aliphatic heterocycles. The summed E-state index contributed by atoms with van der Waals surface area (Å²) in [6, 6.07) is 1.92. The molecule has 2 rings (SSSR count). The van der Waals surface area contributed by atoms with Crippen LogP contribution in [0.15, 0.2) is 18.5 Å². The van der Waals surface area contributed by atoms with E-state index in [1.165, 1.54) is 12.0 Å². The van der Waals surface area contributed by atoms with Crippen LogP contribution < -0.4 is 5.32 Å². The minimum atomic E-state index is -0.0944. The van der Waals surface area contributed by atoms with Crippen LogP contribution in [0, 0.1) is 0 Å². The number of piperidine rings is 1. The van der Waals surface area contributed by atoms with E-state index in [0.29, 0.717) is 0 Å². The fourth-order valence-corrected chi connectivity index (χ4v) is 2.21. The molecule has 0 radical (unpaired) electrons. The summed E-state index contributed by atoms with van der Waals surface area (Å²) in [5.74, 6) is 0.236. The van der Waals surface area contributed by atoms with Gasteiger partial charge in [-0.3, -0.25) is 4.79 Å². The van der Waals surface area contributed by atoms with Crippen molar-refractivity contribution in [2.24, 2.45) is 0 Å². The maximum atomic E-state index is 12.1. The lowest BCUT2D eigenvalue weighted by atomic mass is 10.1. The van der Waals surface area contributed by atoms with Crippen LogP contribution in [0.3, 0.4) is 0 Å². The van der Waals surface area contributed by atoms with E-state index in [-0.39, 0.29) is 11.9 Å². The molecule has 4 nitrogen and oxygen atoms in total. The number of aromatic nitrogens is 1. The summed E-state index contributed by atoms with van der Waals surface area (Å²) in [6.45, 7) is 4.54. The van der Waals surface area contributed by atoms with Gasteiger partial charge >= 0.3 is 0 Å². The Hall–Kier alpha value is -1.29. The van der Waals surface area contributed by atoms with E-state index >= 15 is 0 Å². The largest absolute Gasteiger partial charge is 0.367 e. The summed E-state index contributed by atoms with van der Waals surface area (Å²) in [6.07, 6.45) is 7.40. The van der Waals surface area contributed by atoms with E-state index in [9.17, 15) is 4.79 Å². The van der Waals surface area contributed by atoms with Gasteiger partial charge in [0.25, 0.3) is 0 Å². The zero-order valence-electron chi connectivity index (χ0n) is 10.4. The second-order valence-electron chi connectivity index (χ2n) is 4.71. The van der Waals surface area contributed by atoms with Gasteiger partial charge in [0.1, 0.15) is 0 Å². The topological polar surface area (TPSA) is 48.1 Å². The maximum absolute atomic E-state index is 12.1. The van der Waals surface area contributed by atoms with Crippen LogP contribution in [-0.2, 0) is 11.3 Å².